The number of anilines is 1. The van der Waals surface area contributed by atoms with Gasteiger partial charge in [0, 0.05) is 30.6 Å². The molecule has 0 spiro atoms. The number of rotatable bonds is 3. The van der Waals surface area contributed by atoms with Gasteiger partial charge >= 0.3 is 6.09 Å². The summed E-state index contributed by atoms with van der Waals surface area (Å²) in [6.45, 7) is 6.31. The predicted octanol–water partition coefficient (Wildman–Crippen LogP) is 4.96. The second kappa shape index (κ2) is 9.75. The van der Waals surface area contributed by atoms with Crippen molar-refractivity contribution >= 4 is 34.2 Å². The van der Waals surface area contributed by atoms with Gasteiger partial charge in [-0.2, -0.15) is 5.10 Å². The molecule has 12 heteroatoms. The average Bonchev–Trinajstić information content (AvgIpc) is 3.25. The molecule has 1 aliphatic heterocycles. The number of ether oxygens (including phenoxy) is 1. The molecule has 0 saturated carbocycles. The molecule has 2 aromatic carbocycles. The van der Waals surface area contributed by atoms with E-state index in [2.05, 4.69) is 15.4 Å². The van der Waals surface area contributed by atoms with Crippen LogP contribution < -0.4 is 10.9 Å². The van der Waals surface area contributed by atoms with Gasteiger partial charge in [-0.1, -0.05) is 6.07 Å². The van der Waals surface area contributed by atoms with Gasteiger partial charge in [0.15, 0.2) is 17.5 Å². The number of piperidine rings is 1. The van der Waals surface area contributed by atoms with Crippen molar-refractivity contribution in [2.24, 2.45) is 0 Å². The lowest BCUT2D eigenvalue weighted by atomic mass is 9.93. The first-order valence-corrected chi connectivity index (χ1v) is 12.4. The van der Waals surface area contributed by atoms with E-state index in [0.29, 0.717) is 60.3 Å². The molecule has 0 unspecified atom stereocenters. The van der Waals surface area contributed by atoms with Crippen LogP contribution in [0.1, 0.15) is 55.6 Å². The Labute approximate surface area is 220 Å². The Kier molecular flexibility index (Phi) is 6.57. The number of amides is 2. The van der Waals surface area contributed by atoms with Crippen molar-refractivity contribution in [1.29, 1.82) is 0 Å². The molecule has 204 valence electrons. The van der Waals surface area contributed by atoms with Gasteiger partial charge < -0.3 is 19.9 Å². The molecule has 2 amide bonds. The highest BCUT2D eigenvalue weighted by Gasteiger charge is 2.29. The molecule has 1 aliphatic rings. The van der Waals surface area contributed by atoms with Gasteiger partial charge in [0.1, 0.15) is 11.2 Å². The van der Waals surface area contributed by atoms with Crippen LogP contribution >= 0.6 is 0 Å². The fraction of sp³-hybridized carbons (Fsp3) is 0.333. The Bertz CT molecular complexity index is 1640. The Morgan fingerprint density at radius 2 is 1.74 bits per heavy atom. The van der Waals surface area contributed by atoms with Crippen molar-refractivity contribution in [3.8, 4) is 0 Å². The van der Waals surface area contributed by atoms with E-state index in [4.69, 9.17) is 4.74 Å². The van der Waals surface area contributed by atoms with Crippen LogP contribution in [-0.4, -0.2) is 50.2 Å². The fourth-order valence-corrected chi connectivity index (χ4v) is 4.75. The van der Waals surface area contributed by atoms with Crippen molar-refractivity contribution < 1.29 is 27.5 Å². The molecule has 1 fully saturated rings. The van der Waals surface area contributed by atoms with E-state index in [1.54, 1.807) is 48.4 Å². The molecular formula is C27H26F3N5O4. The van der Waals surface area contributed by atoms with E-state index in [-0.39, 0.29) is 23.3 Å². The third-order valence-corrected chi connectivity index (χ3v) is 6.52. The van der Waals surface area contributed by atoms with Gasteiger partial charge in [0.25, 0.3) is 11.5 Å². The molecule has 4 aromatic rings. The zero-order chi connectivity index (χ0) is 28.1. The third kappa shape index (κ3) is 5.18. The quantitative estimate of drug-likeness (QED) is 0.357. The van der Waals surface area contributed by atoms with Gasteiger partial charge in [-0.3, -0.25) is 9.59 Å². The number of aromatic nitrogens is 3. The van der Waals surface area contributed by atoms with Crippen LogP contribution in [0.25, 0.3) is 16.6 Å². The Hall–Kier alpha value is -4.35. The smallest absolute Gasteiger partial charge is 0.410 e. The predicted molar refractivity (Wildman–Crippen MR) is 137 cm³/mol. The van der Waals surface area contributed by atoms with E-state index in [9.17, 15) is 27.6 Å². The van der Waals surface area contributed by atoms with Crippen LogP contribution in [0.4, 0.5) is 23.7 Å². The van der Waals surface area contributed by atoms with Crippen LogP contribution in [-0.2, 0) is 4.74 Å². The molecule has 3 heterocycles. The van der Waals surface area contributed by atoms with Gasteiger partial charge in [-0.05, 0) is 57.9 Å². The summed E-state index contributed by atoms with van der Waals surface area (Å²) in [7, 11) is 0. The van der Waals surface area contributed by atoms with Crippen molar-refractivity contribution in [2.45, 2.75) is 45.1 Å². The number of halogens is 3. The van der Waals surface area contributed by atoms with Crippen molar-refractivity contribution in [3.05, 3.63) is 75.5 Å². The highest BCUT2D eigenvalue weighted by atomic mass is 19.2. The van der Waals surface area contributed by atoms with Crippen molar-refractivity contribution in [2.75, 3.05) is 18.4 Å². The second-order valence-corrected chi connectivity index (χ2v) is 10.5. The highest BCUT2D eigenvalue weighted by Crippen LogP contribution is 2.32. The van der Waals surface area contributed by atoms with Crippen LogP contribution in [0.2, 0.25) is 0 Å². The maximum atomic E-state index is 13.7. The van der Waals surface area contributed by atoms with Gasteiger partial charge in [0.2, 0.25) is 0 Å². The minimum absolute atomic E-state index is 0.0778. The molecular weight excluding hydrogens is 515 g/mol. The fourth-order valence-electron chi connectivity index (χ4n) is 4.75. The number of fused-ring (bicyclic) bond motifs is 3. The summed E-state index contributed by atoms with van der Waals surface area (Å²) in [6.07, 6.45) is 0.779. The Morgan fingerprint density at radius 3 is 2.38 bits per heavy atom. The zero-order valence-electron chi connectivity index (χ0n) is 21.5. The first-order chi connectivity index (χ1) is 18.4. The summed E-state index contributed by atoms with van der Waals surface area (Å²) in [6, 6.07) is 7.56. The third-order valence-electron chi connectivity index (χ3n) is 6.52. The maximum absolute atomic E-state index is 13.7. The number of nitrogens with zero attached hydrogens (tertiary/aromatic N) is 3. The van der Waals surface area contributed by atoms with Gasteiger partial charge in [-0.25, -0.2) is 22.5 Å². The number of hydrogen-bond acceptors (Lipinski definition) is 5. The van der Waals surface area contributed by atoms with Gasteiger partial charge in [-0.15, -0.1) is 0 Å². The molecule has 0 radical (unpaired) electrons. The number of H-pyrrole nitrogens is 1. The highest BCUT2D eigenvalue weighted by molar-refractivity contribution is 6.11. The van der Waals surface area contributed by atoms with E-state index in [1.807, 2.05) is 0 Å². The summed E-state index contributed by atoms with van der Waals surface area (Å²) in [5, 5.41) is 7.63. The minimum Gasteiger partial charge on any atom is -0.444 e. The molecule has 5 rings (SSSR count). The molecule has 0 atom stereocenters. The second-order valence-electron chi connectivity index (χ2n) is 10.5. The van der Waals surface area contributed by atoms with Crippen molar-refractivity contribution in [3.63, 3.8) is 0 Å². The number of likely N-dealkylation sites (tertiary alicyclic amines) is 1. The first kappa shape index (κ1) is 26.3. The van der Waals surface area contributed by atoms with Crippen LogP contribution in [0, 0.1) is 17.5 Å². The first-order valence-electron chi connectivity index (χ1n) is 12.4. The maximum Gasteiger partial charge on any atom is 0.410 e. The minimum atomic E-state index is -1.67. The number of hydrogen-bond donors (Lipinski definition) is 2. The lowest BCUT2D eigenvalue weighted by Gasteiger charge is -2.33. The molecule has 39 heavy (non-hydrogen) atoms. The number of aromatic amines is 1. The van der Waals surface area contributed by atoms with Crippen LogP contribution in [0.5, 0.6) is 0 Å². The number of carbonyl (C=O) groups excluding carboxylic acids is 2. The molecule has 1 saturated heterocycles. The lowest BCUT2D eigenvalue weighted by Crippen LogP contribution is -2.41. The van der Waals surface area contributed by atoms with Crippen LogP contribution in [0.15, 0.2) is 41.2 Å². The molecule has 0 aliphatic carbocycles. The standard InChI is InChI=1S/C27H26F3N5O4/c1-27(2,3)39-26(38)34-9-7-14(8-10-34)20-13-21(36)32-24-22-18(5-4-6-19(22)33-35(20)24)31-25(37)15-11-16(28)23(30)17(29)12-15/h4-6,11-14H,7-10H2,1-3H3,(H,31,37)(H,32,36). The van der Waals surface area contributed by atoms with E-state index < -0.39 is 34.5 Å². The Morgan fingerprint density at radius 1 is 1.08 bits per heavy atom. The topological polar surface area (TPSA) is 109 Å². The van der Waals surface area contributed by atoms with E-state index >= 15 is 0 Å². The summed E-state index contributed by atoms with van der Waals surface area (Å²) in [4.78, 5) is 42.3. The van der Waals surface area contributed by atoms with Crippen molar-refractivity contribution in [1.82, 2.24) is 19.5 Å². The van der Waals surface area contributed by atoms with E-state index in [1.165, 1.54) is 6.07 Å². The monoisotopic (exact) mass is 541 g/mol. The van der Waals surface area contributed by atoms with E-state index in [0.717, 1.165) is 0 Å². The Balaban J connectivity index is 1.47. The average molecular weight is 542 g/mol. The molecule has 2 aromatic heterocycles. The molecule has 0 bridgehead atoms. The summed E-state index contributed by atoms with van der Waals surface area (Å²) in [5.74, 6) is -5.58. The zero-order valence-corrected chi connectivity index (χ0v) is 21.5. The van der Waals surface area contributed by atoms with Gasteiger partial charge in [0.05, 0.1) is 22.3 Å². The summed E-state index contributed by atoms with van der Waals surface area (Å²) >= 11 is 0. The number of carbonyl (C=O) groups is 2. The normalized spacial score (nSPS) is 14.7. The molecule has 2 N–H and O–H groups in total. The largest absolute Gasteiger partial charge is 0.444 e. The number of benzene rings is 2. The summed E-state index contributed by atoms with van der Waals surface area (Å²) < 4.78 is 47.8. The molecule has 9 nitrogen and oxygen atoms in total. The summed E-state index contributed by atoms with van der Waals surface area (Å²) in [5.41, 5.74) is 0.282. The lowest BCUT2D eigenvalue weighted by molar-refractivity contribution is 0.0203. The number of nitrogens with one attached hydrogen (secondary N) is 2. The van der Waals surface area contributed by atoms with Crippen LogP contribution in [0.3, 0.4) is 0 Å². The SMILES string of the molecule is CC(C)(C)OC(=O)N1CCC(c2cc(=O)[nH]c3c4c(NC(=O)c5cc(F)c(F)c(F)c5)cccc4nn23)CC1.